The quantitative estimate of drug-likeness (QED) is 0.264. The van der Waals surface area contributed by atoms with Crippen molar-refractivity contribution in [2.45, 2.75) is 74.6 Å². The molecule has 0 radical (unpaired) electrons. The number of cyclic esters (lactones) is 1. The van der Waals surface area contributed by atoms with Crippen molar-refractivity contribution in [3.63, 3.8) is 0 Å². The number of carbonyl (C=O) groups is 4. The Kier molecular flexibility index (Phi) is 12.5. The van der Waals surface area contributed by atoms with Crippen molar-refractivity contribution in [1.82, 2.24) is 19.6 Å². The third kappa shape index (κ3) is 8.98. The van der Waals surface area contributed by atoms with Gasteiger partial charge in [0.05, 0.1) is 23.5 Å². The van der Waals surface area contributed by atoms with Crippen LogP contribution in [0.2, 0.25) is 0 Å². The first-order valence-electron chi connectivity index (χ1n) is 21.6. The van der Waals surface area contributed by atoms with Gasteiger partial charge in [-0.15, -0.1) is 0 Å². The molecule has 17 heteroatoms. The van der Waals surface area contributed by atoms with Crippen LogP contribution in [0.1, 0.15) is 44.2 Å². The molecule has 2 bridgehead atoms. The summed E-state index contributed by atoms with van der Waals surface area (Å²) in [6.45, 7) is 7.19. The Morgan fingerprint density at radius 2 is 1.37 bits per heavy atom. The number of fused-ring (bicyclic) bond motifs is 4. The minimum absolute atomic E-state index is 0.173. The maximum absolute atomic E-state index is 15.5. The maximum Gasteiger partial charge on any atom is 0.400 e. The first-order chi connectivity index (χ1) is 29.7. The van der Waals surface area contributed by atoms with Crippen molar-refractivity contribution in [2.24, 2.45) is 0 Å². The summed E-state index contributed by atoms with van der Waals surface area (Å²) in [5, 5.41) is 11.5. The molecular formula is C45H56N6O10S. The van der Waals surface area contributed by atoms with Gasteiger partial charge in [-0.25, -0.2) is 22.9 Å². The Morgan fingerprint density at radius 3 is 2.00 bits per heavy atom. The van der Waals surface area contributed by atoms with Gasteiger partial charge >= 0.3 is 29.9 Å². The minimum atomic E-state index is -3.88. The van der Waals surface area contributed by atoms with Gasteiger partial charge in [0.2, 0.25) is 0 Å². The van der Waals surface area contributed by atoms with Gasteiger partial charge in [0, 0.05) is 89.4 Å². The summed E-state index contributed by atoms with van der Waals surface area (Å²) in [7, 11) is -3.88. The fourth-order valence-corrected chi connectivity index (χ4v) is 10.4. The molecule has 4 saturated heterocycles. The number of para-hydroxylation sites is 2. The van der Waals surface area contributed by atoms with Crippen LogP contribution in [-0.2, 0) is 51.3 Å². The molecule has 5 aliphatic rings. The Morgan fingerprint density at radius 1 is 0.774 bits per heavy atom. The molecule has 4 fully saturated rings. The summed E-state index contributed by atoms with van der Waals surface area (Å²) < 4.78 is 46.3. The van der Waals surface area contributed by atoms with Crippen LogP contribution in [0.3, 0.4) is 0 Å². The molecule has 332 valence electrons. The molecule has 16 nitrogen and oxygen atoms in total. The second-order valence-electron chi connectivity index (χ2n) is 17.1. The van der Waals surface area contributed by atoms with E-state index in [-0.39, 0.29) is 37.6 Å². The van der Waals surface area contributed by atoms with Crippen LogP contribution in [0.15, 0.2) is 83.8 Å². The number of sulfone groups is 1. The highest BCUT2D eigenvalue weighted by molar-refractivity contribution is 7.91. The number of piperazine rings is 2. The molecule has 3 aromatic carbocycles. The van der Waals surface area contributed by atoms with Gasteiger partial charge < -0.3 is 34.0 Å². The average Bonchev–Trinajstić information content (AvgIpc) is 3.72. The number of aliphatic hydroxyl groups is 1. The van der Waals surface area contributed by atoms with Gasteiger partial charge in [-0.3, -0.25) is 19.4 Å². The number of carbonyl (C=O) groups excluding carboxylic acids is 4. The van der Waals surface area contributed by atoms with E-state index in [1.807, 2.05) is 66.7 Å². The monoisotopic (exact) mass is 872 g/mol. The number of hydrogen-bond acceptors (Lipinski definition) is 14. The van der Waals surface area contributed by atoms with E-state index in [1.165, 1.54) is 4.90 Å². The number of hydrogen-bond donors (Lipinski definition) is 1. The molecule has 3 aromatic rings. The Balaban J connectivity index is 1.14. The van der Waals surface area contributed by atoms with E-state index < -0.39 is 76.2 Å². The summed E-state index contributed by atoms with van der Waals surface area (Å²) in [4.78, 5) is 68.1. The fourth-order valence-electron chi connectivity index (χ4n) is 9.18. The van der Waals surface area contributed by atoms with Gasteiger partial charge in [-0.2, -0.15) is 0 Å². The lowest BCUT2D eigenvalue weighted by Gasteiger charge is -2.50. The fraction of sp³-hybridized carbons (Fsp3) is 0.511. The van der Waals surface area contributed by atoms with Crippen molar-refractivity contribution in [2.75, 3.05) is 87.5 Å². The van der Waals surface area contributed by atoms with Crippen molar-refractivity contribution >= 4 is 45.2 Å². The number of urea groups is 1. The second kappa shape index (κ2) is 17.9. The van der Waals surface area contributed by atoms with Gasteiger partial charge in [0.15, 0.2) is 15.4 Å². The standard InChI is InChI=1S/C45H56N6O10S/c1-33(2)50(28-29-62(57,58)38-17-16-34-10-9-11-35(34)30-38)43(55)51(27-20-46-18-21-47(22-19-46)36-12-5-3-6-13-36)45-41(49-25-23-48(24-26-49)37-14-7-4-8-15-37)59-39(52)31-44(56,42(54)61-45)32-40(53)60-45/h3-8,12-17,30,33,41,56H,9-11,18-29,31-32H2,1-2H3. The molecule has 1 aliphatic carbocycles. The maximum atomic E-state index is 15.5. The summed E-state index contributed by atoms with van der Waals surface area (Å²) in [6.07, 6.45) is -0.764. The first-order valence-corrected chi connectivity index (χ1v) is 23.3. The van der Waals surface area contributed by atoms with Gasteiger partial charge in [-0.1, -0.05) is 42.5 Å². The summed E-state index contributed by atoms with van der Waals surface area (Å²) in [6, 6.07) is 23.6. The number of ether oxygens (including phenoxy) is 3. The molecule has 4 heterocycles. The summed E-state index contributed by atoms with van der Waals surface area (Å²) >= 11 is 0. The van der Waals surface area contributed by atoms with Gasteiger partial charge in [-0.05, 0) is 80.6 Å². The van der Waals surface area contributed by atoms with E-state index >= 15 is 4.79 Å². The number of nitrogens with zero attached hydrogens (tertiary/aromatic N) is 6. The highest BCUT2D eigenvalue weighted by Crippen LogP contribution is 2.40. The highest BCUT2D eigenvalue weighted by atomic mass is 32.2. The van der Waals surface area contributed by atoms with E-state index in [4.69, 9.17) is 14.2 Å². The van der Waals surface area contributed by atoms with E-state index in [9.17, 15) is 27.9 Å². The number of aryl methyl sites for hydroxylation is 2. The molecule has 8 rings (SSSR count). The predicted octanol–water partition coefficient (Wildman–Crippen LogP) is 2.87. The second-order valence-corrected chi connectivity index (χ2v) is 19.2. The van der Waals surface area contributed by atoms with Crippen molar-refractivity contribution < 1.29 is 46.9 Å². The summed E-state index contributed by atoms with van der Waals surface area (Å²) in [5.74, 6) is -6.49. The Labute approximate surface area is 362 Å². The van der Waals surface area contributed by atoms with E-state index in [2.05, 4.69) is 14.7 Å². The average molecular weight is 873 g/mol. The molecule has 3 atom stereocenters. The van der Waals surface area contributed by atoms with E-state index in [0.29, 0.717) is 39.3 Å². The van der Waals surface area contributed by atoms with Crippen molar-refractivity contribution in [3.05, 3.63) is 90.0 Å². The summed E-state index contributed by atoms with van der Waals surface area (Å²) in [5.41, 5.74) is 1.58. The largest absolute Gasteiger partial charge is 0.435 e. The topological polar surface area (TPSA) is 170 Å². The van der Waals surface area contributed by atoms with E-state index in [1.54, 1.807) is 30.9 Å². The van der Waals surface area contributed by atoms with Gasteiger partial charge in [0.1, 0.15) is 0 Å². The third-order valence-electron chi connectivity index (χ3n) is 12.7. The SMILES string of the molecule is CC(C)N(CCS(=O)(=O)c1ccc2c(c1)CCC2)C(=O)N(CCN1CCN(c2ccccc2)CC1)C12OC(=O)CC(O)(CC(=O)OC1N1CCN(c3ccccc3)CC1)C(=O)O2. The first kappa shape index (κ1) is 43.4. The molecule has 0 spiro atoms. The lowest BCUT2D eigenvalue weighted by atomic mass is 9.95. The van der Waals surface area contributed by atoms with Crippen LogP contribution < -0.4 is 9.80 Å². The van der Waals surface area contributed by atoms with E-state index in [0.717, 1.165) is 46.7 Å². The Bertz CT molecular complexity index is 2230. The molecule has 2 amide bonds. The third-order valence-corrected chi connectivity index (χ3v) is 14.4. The number of benzene rings is 3. The van der Waals surface area contributed by atoms with Crippen LogP contribution in [0.25, 0.3) is 0 Å². The van der Waals surface area contributed by atoms with Crippen molar-refractivity contribution in [1.29, 1.82) is 0 Å². The lowest BCUT2D eigenvalue weighted by Crippen LogP contribution is -2.73. The predicted molar refractivity (Wildman–Crippen MR) is 229 cm³/mol. The number of anilines is 2. The highest BCUT2D eigenvalue weighted by Gasteiger charge is 2.66. The molecule has 1 N–H and O–H groups in total. The minimum Gasteiger partial charge on any atom is -0.435 e. The zero-order valence-corrected chi connectivity index (χ0v) is 36.2. The van der Waals surface area contributed by atoms with Gasteiger partial charge in [0.25, 0.3) is 6.23 Å². The number of amides is 2. The molecule has 0 aromatic heterocycles. The lowest BCUT2D eigenvalue weighted by molar-refractivity contribution is -0.340. The van der Waals surface area contributed by atoms with Crippen LogP contribution >= 0.6 is 0 Å². The van der Waals surface area contributed by atoms with Crippen LogP contribution in [-0.4, -0.2) is 159 Å². The van der Waals surface area contributed by atoms with Crippen LogP contribution in [0.4, 0.5) is 16.2 Å². The van der Waals surface area contributed by atoms with Crippen LogP contribution in [0, 0.1) is 0 Å². The smallest absolute Gasteiger partial charge is 0.400 e. The number of esters is 3. The number of rotatable bonds is 12. The van der Waals surface area contributed by atoms with Crippen molar-refractivity contribution in [3.8, 4) is 0 Å². The zero-order chi connectivity index (χ0) is 43.6. The Hall–Kier alpha value is -5.23. The normalized spacial score (nSPS) is 24.7. The zero-order valence-electron chi connectivity index (χ0n) is 35.4. The molecule has 3 unspecified atom stereocenters. The molecule has 62 heavy (non-hydrogen) atoms. The molecule has 0 saturated carbocycles. The molecule has 4 aliphatic heterocycles. The van der Waals surface area contributed by atoms with Crippen LogP contribution in [0.5, 0.6) is 0 Å². The molecular weight excluding hydrogens is 817 g/mol.